The first kappa shape index (κ1) is 10.5. The molecule has 1 heterocycles. The van der Waals surface area contributed by atoms with E-state index in [4.69, 9.17) is 5.73 Å². The van der Waals surface area contributed by atoms with E-state index in [9.17, 15) is 4.79 Å². The first-order valence-electron chi connectivity index (χ1n) is 4.83. The molecule has 3 N–H and O–H groups in total. The molecule has 0 bridgehead atoms. The van der Waals surface area contributed by atoms with E-state index >= 15 is 0 Å². The van der Waals surface area contributed by atoms with Gasteiger partial charge in [0.2, 0.25) is 5.91 Å². The van der Waals surface area contributed by atoms with Gasteiger partial charge in [-0.3, -0.25) is 9.69 Å². The molecule has 1 amide bonds. The first-order chi connectivity index (χ1) is 6.07. The van der Waals surface area contributed by atoms with Gasteiger partial charge in [0, 0.05) is 25.2 Å². The molecule has 1 aliphatic heterocycles. The van der Waals surface area contributed by atoms with Gasteiger partial charge in [0.15, 0.2) is 0 Å². The van der Waals surface area contributed by atoms with Gasteiger partial charge in [0.1, 0.15) is 6.04 Å². The summed E-state index contributed by atoms with van der Waals surface area (Å²) >= 11 is 0. The van der Waals surface area contributed by atoms with Gasteiger partial charge in [0.25, 0.3) is 0 Å². The molecule has 0 aromatic heterocycles. The SMILES string of the molecule is CC(C)N1C(C)CNC(=O)C1CN. The third kappa shape index (κ3) is 2.00. The van der Waals surface area contributed by atoms with Gasteiger partial charge < -0.3 is 11.1 Å². The van der Waals surface area contributed by atoms with E-state index in [2.05, 4.69) is 31.0 Å². The highest BCUT2D eigenvalue weighted by atomic mass is 16.2. The summed E-state index contributed by atoms with van der Waals surface area (Å²) in [7, 11) is 0. The maximum absolute atomic E-state index is 11.5. The number of hydrogen-bond acceptors (Lipinski definition) is 3. The van der Waals surface area contributed by atoms with E-state index in [-0.39, 0.29) is 11.9 Å². The number of amides is 1. The van der Waals surface area contributed by atoms with Crippen molar-refractivity contribution in [1.29, 1.82) is 0 Å². The van der Waals surface area contributed by atoms with E-state index in [0.717, 1.165) is 6.54 Å². The lowest BCUT2D eigenvalue weighted by Gasteiger charge is -2.42. The van der Waals surface area contributed by atoms with Crippen molar-refractivity contribution in [3.05, 3.63) is 0 Å². The quantitative estimate of drug-likeness (QED) is 0.612. The molecule has 13 heavy (non-hydrogen) atoms. The summed E-state index contributed by atoms with van der Waals surface area (Å²) in [5.41, 5.74) is 5.58. The number of piperazine rings is 1. The Morgan fingerprint density at radius 1 is 1.69 bits per heavy atom. The van der Waals surface area contributed by atoms with Crippen molar-refractivity contribution in [3.63, 3.8) is 0 Å². The Morgan fingerprint density at radius 3 is 2.69 bits per heavy atom. The van der Waals surface area contributed by atoms with Crippen molar-refractivity contribution < 1.29 is 4.79 Å². The maximum Gasteiger partial charge on any atom is 0.238 e. The first-order valence-corrected chi connectivity index (χ1v) is 4.83. The maximum atomic E-state index is 11.5. The highest BCUT2D eigenvalue weighted by molar-refractivity contribution is 5.82. The number of nitrogens with two attached hydrogens (primary N) is 1. The molecule has 76 valence electrons. The molecule has 0 spiro atoms. The van der Waals surface area contributed by atoms with Crippen LogP contribution in [-0.2, 0) is 4.79 Å². The number of hydrogen-bond donors (Lipinski definition) is 2. The molecule has 0 aromatic carbocycles. The summed E-state index contributed by atoms with van der Waals surface area (Å²) in [4.78, 5) is 13.6. The van der Waals surface area contributed by atoms with Crippen LogP contribution in [0, 0.1) is 0 Å². The molecular weight excluding hydrogens is 166 g/mol. The fourth-order valence-corrected chi connectivity index (χ4v) is 2.01. The summed E-state index contributed by atoms with van der Waals surface area (Å²) < 4.78 is 0. The lowest BCUT2D eigenvalue weighted by molar-refractivity contribution is -0.131. The highest BCUT2D eigenvalue weighted by Gasteiger charge is 2.34. The summed E-state index contributed by atoms with van der Waals surface area (Å²) in [6.07, 6.45) is 0. The largest absolute Gasteiger partial charge is 0.353 e. The molecule has 0 aromatic rings. The van der Waals surface area contributed by atoms with Crippen LogP contribution in [0.15, 0.2) is 0 Å². The Kier molecular flexibility index (Phi) is 3.27. The molecule has 2 unspecified atom stereocenters. The van der Waals surface area contributed by atoms with Crippen molar-refractivity contribution in [2.75, 3.05) is 13.1 Å². The van der Waals surface area contributed by atoms with Crippen LogP contribution in [0.5, 0.6) is 0 Å². The second-order valence-electron chi connectivity index (χ2n) is 3.89. The standard InChI is InChI=1S/C9H19N3O/c1-6(2)12-7(3)5-11-9(13)8(12)4-10/h6-8H,4-5,10H2,1-3H3,(H,11,13). The minimum Gasteiger partial charge on any atom is -0.353 e. The van der Waals surface area contributed by atoms with Crippen LogP contribution in [0.1, 0.15) is 20.8 Å². The summed E-state index contributed by atoms with van der Waals surface area (Å²) in [6, 6.07) is 0.601. The molecule has 0 aliphatic carbocycles. The third-order valence-corrected chi connectivity index (χ3v) is 2.56. The van der Waals surface area contributed by atoms with E-state index in [1.54, 1.807) is 0 Å². The average molecular weight is 185 g/mol. The Morgan fingerprint density at radius 2 is 2.31 bits per heavy atom. The summed E-state index contributed by atoms with van der Waals surface area (Å²) in [5, 5.41) is 2.86. The van der Waals surface area contributed by atoms with Crippen LogP contribution in [0.2, 0.25) is 0 Å². The van der Waals surface area contributed by atoms with Gasteiger partial charge in [-0.05, 0) is 20.8 Å². The number of carbonyl (C=O) groups is 1. The van der Waals surface area contributed by atoms with E-state index in [1.807, 2.05) is 0 Å². The van der Waals surface area contributed by atoms with Crippen LogP contribution >= 0.6 is 0 Å². The Balaban J connectivity index is 2.77. The number of nitrogens with one attached hydrogen (secondary N) is 1. The van der Waals surface area contributed by atoms with Crippen LogP contribution in [0.4, 0.5) is 0 Å². The van der Waals surface area contributed by atoms with Gasteiger partial charge in [-0.2, -0.15) is 0 Å². The van der Waals surface area contributed by atoms with Gasteiger partial charge in [-0.25, -0.2) is 0 Å². The third-order valence-electron chi connectivity index (χ3n) is 2.56. The van der Waals surface area contributed by atoms with Gasteiger partial charge in [-0.1, -0.05) is 0 Å². The fourth-order valence-electron chi connectivity index (χ4n) is 2.01. The van der Waals surface area contributed by atoms with Crippen molar-refractivity contribution in [2.45, 2.75) is 38.9 Å². The normalized spacial score (nSPS) is 30.7. The van der Waals surface area contributed by atoms with Crippen molar-refractivity contribution >= 4 is 5.91 Å². The van der Waals surface area contributed by atoms with Crippen LogP contribution in [0.3, 0.4) is 0 Å². The van der Waals surface area contributed by atoms with Crippen LogP contribution in [0.25, 0.3) is 0 Å². The average Bonchev–Trinajstić information content (AvgIpc) is 2.07. The zero-order valence-electron chi connectivity index (χ0n) is 8.58. The monoisotopic (exact) mass is 185 g/mol. The van der Waals surface area contributed by atoms with Gasteiger partial charge in [-0.15, -0.1) is 0 Å². The predicted molar refractivity (Wildman–Crippen MR) is 52.3 cm³/mol. The van der Waals surface area contributed by atoms with Gasteiger partial charge in [0.05, 0.1) is 0 Å². The second-order valence-corrected chi connectivity index (χ2v) is 3.89. The summed E-state index contributed by atoms with van der Waals surface area (Å²) in [5.74, 6) is 0.0642. The molecule has 0 radical (unpaired) electrons. The smallest absolute Gasteiger partial charge is 0.238 e. The number of carbonyl (C=O) groups excluding carboxylic acids is 1. The van der Waals surface area contributed by atoms with E-state index in [1.165, 1.54) is 0 Å². The van der Waals surface area contributed by atoms with Crippen LogP contribution < -0.4 is 11.1 Å². The molecule has 0 saturated carbocycles. The molecule has 1 fully saturated rings. The van der Waals surface area contributed by atoms with Crippen molar-refractivity contribution in [3.8, 4) is 0 Å². The van der Waals surface area contributed by atoms with E-state index < -0.39 is 0 Å². The lowest BCUT2D eigenvalue weighted by atomic mass is 10.1. The summed E-state index contributed by atoms with van der Waals surface area (Å²) in [6.45, 7) is 7.43. The molecular formula is C9H19N3O. The molecule has 4 nitrogen and oxygen atoms in total. The minimum atomic E-state index is -0.149. The number of rotatable bonds is 2. The molecule has 1 rings (SSSR count). The Labute approximate surface area is 79.5 Å². The minimum absolute atomic E-state index is 0.0642. The van der Waals surface area contributed by atoms with Crippen molar-refractivity contribution in [1.82, 2.24) is 10.2 Å². The predicted octanol–water partition coefficient (Wildman–Crippen LogP) is -0.458. The zero-order chi connectivity index (χ0) is 10.0. The Hall–Kier alpha value is -0.610. The van der Waals surface area contributed by atoms with E-state index in [0.29, 0.717) is 18.6 Å². The van der Waals surface area contributed by atoms with Crippen LogP contribution in [-0.4, -0.2) is 42.0 Å². The lowest BCUT2D eigenvalue weighted by Crippen LogP contribution is -2.63. The number of nitrogens with zero attached hydrogens (tertiary/aromatic N) is 1. The Bertz CT molecular complexity index is 193. The second kappa shape index (κ2) is 4.07. The van der Waals surface area contributed by atoms with Crippen molar-refractivity contribution in [2.24, 2.45) is 5.73 Å². The molecule has 1 saturated heterocycles. The molecule has 1 aliphatic rings. The fraction of sp³-hybridized carbons (Fsp3) is 0.889. The topological polar surface area (TPSA) is 58.4 Å². The molecule has 2 atom stereocenters. The highest BCUT2D eigenvalue weighted by Crippen LogP contribution is 2.13. The van der Waals surface area contributed by atoms with Gasteiger partial charge >= 0.3 is 0 Å². The molecule has 4 heteroatoms. The zero-order valence-corrected chi connectivity index (χ0v) is 8.58.